The third-order valence-electron chi connectivity index (χ3n) is 3.88. The molecule has 1 atom stereocenters. The summed E-state index contributed by atoms with van der Waals surface area (Å²) in [5, 5.41) is 11.2. The molecule has 1 N–H and O–H groups in total. The van der Waals surface area contributed by atoms with Gasteiger partial charge in [-0.2, -0.15) is 0 Å². The average Bonchev–Trinajstić information content (AvgIpc) is 2.95. The molecule has 0 fully saturated rings. The fourth-order valence-electron chi connectivity index (χ4n) is 2.65. The molecule has 1 aliphatic rings. The highest BCUT2D eigenvalue weighted by molar-refractivity contribution is 6.42. The summed E-state index contributed by atoms with van der Waals surface area (Å²) in [6.07, 6.45) is 3.87. The predicted octanol–water partition coefficient (Wildman–Crippen LogP) is 3.13. The van der Waals surface area contributed by atoms with Gasteiger partial charge >= 0.3 is 0 Å². The zero-order valence-corrected chi connectivity index (χ0v) is 13.1. The lowest BCUT2D eigenvalue weighted by atomic mass is 10.1. The maximum Gasteiger partial charge on any atom is 0.122 e. The summed E-state index contributed by atoms with van der Waals surface area (Å²) in [5.74, 6) is 1.08. The van der Waals surface area contributed by atoms with Crippen molar-refractivity contribution in [2.45, 2.75) is 25.6 Å². The van der Waals surface area contributed by atoms with E-state index in [1.54, 1.807) is 6.07 Å². The van der Waals surface area contributed by atoms with Crippen LogP contribution in [0.5, 0.6) is 0 Å². The molecule has 0 aliphatic carbocycles. The molecular formula is C15H17Cl2N3O. The van der Waals surface area contributed by atoms with Gasteiger partial charge in [-0.1, -0.05) is 35.3 Å². The number of rotatable bonds is 4. The van der Waals surface area contributed by atoms with E-state index in [0.29, 0.717) is 22.0 Å². The number of benzene rings is 1. The van der Waals surface area contributed by atoms with E-state index in [1.165, 1.54) is 0 Å². The first-order chi connectivity index (χ1) is 10.1. The topological polar surface area (TPSA) is 41.3 Å². The second-order valence-corrected chi connectivity index (χ2v) is 6.05. The van der Waals surface area contributed by atoms with Gasteiger partial charge in [-0.05, 0) is 12.5 Å². The van der Waals surface area contributed by atoms with Gasteiger partial charge in [0.25, 0.3) is 0 Å². The number of aliphatic hydroxyl groups excluding tert-OH is 1. The van der Waals surface area contributed by atoms with Gasteiger partial charge in [0.1, 0.15) is 5.82 Å². The van der Waals surface area contributed by atoms with Crippen LogP contribution in [0, 0.1) is 0 Å². The first kappa shape index (κ1) is 14.9. The van der Waals surface area contributed by atoms with Gasteiger partial charge in [0.2, 0.25) is 0 Å². The Morgan fingerprint density at radius 1 is 1.29 bits per heavy atom. The van der Waals surface area contributed by atoms with Crippen molar-refractivity contribution in [2.24, 2.45) is 0 Å². The normalized spacial score (nSPS) is 16.7. The Morgan fingerprint density at radius 3 is 3.00 bits per heavy atom. The van der Waals surface area contributed by atoms with Gasteiger partial charge in [0, 0.05) is 37.6 Å². The number of aliphatic hydroxyl groups is 1. The van der Waals surface area contributed by atoms with E-state index in [4.69, 9.17) is 23.2 Å². The van der Waals surface area contributed by atoms with E-state index in [9.17, 15) is 5.11 Å². The molecule has 112 valence electrons. The van der Waals surface area contributed by atoms with Gasteiger partial charge in [0.15, 0.2) is 0 Å². The summed E-state index contributed by atoms with van der Waals surface area (Å²) < 4.78 is 2.17. The quantitative estimate of drug-likeness (QED) is 0.938. The second kappa shape index (κ2) is 6.36. The van der Waals surface area contributed by atoms with E-state index in [0.717, 1.165) is 32.0 Å². The van der Waals surface area contributed by atoms with Crippen LogP contribution >= 0.6 is 23.2 Å². The van der Waals surface area contributed by atoms with Gasteiger partial charge in [-0.3, -0.25) is 4.90 Å². The molecule has 0 bridgehead atoms. The zero-order chi connectivity index (χ0) is 14.8. The Hall–Kier alpha value is -1.07. The van der Waals surface area contributed by atoms with Crippen molar-refractivity contribution >= 4 is 23.2 Å². The molecule has 2 aromatic rings. The van der Waals surface area contributed by atoms with E-state index in [-0.39, 0.29) is 0 Å². The highest BCUT2D eigenvalue weighted by Crippen LogP contribution is 2.31. The molecule has 0 spiro atoms. The smallest absolute Gasteiger partial charge is 0.122 e. The standard InChI is InChI=1S/C15H17Cl2N3O/c16-12-3-1-2-11(15(12)17)13(21)4-6-19-8-9-20-7-5-18-14(20)10-19/h1-3,5,7,13,21H,4,6,8-10H2. The van der Waals surface area contributed by atoms with Crippen molar-refractivity contribution in [3.05, 3.63) is 52.0 Å². The number of nitrogens with zero attached hydrogens (tertiary/aromatic N) is 3. The lowest BCUT2D eigenvalue weighted by molar-refractivity contribution is 0.130. The van der Waals surface area contributed by atoms with Crippen molar-refractivity contribution in [2.75, 3.05) is 13.1 Å². The fourth-order valence-corrected chi connectivity index (χ4v) is 3.09. The second-order valence-electron chi connectivity index (χ2n) is 5.26. The van der Waals surface area contributed by atoms with Gasteiger partial charge in [0.05, 0.1) is 22.7 Å². The van der Waals surface area contributed by atoms with Crippen LogP contribution in [0.2, 0.25) is 10.0 Å². The van der Waals surface area contributed by atoms with Gasteiger partial charge in [-0.25, -0.2) is 4.98 Å². The van der Waals surface area contributed by atoms with Crippen molar-refractivity contribution in [1.82, 2.24) is 14.5 Å². The largest absolute Gasteiger partial charge is 0.388 e. The van der Waals surface area contributed by atoms with Crippen molar-refractivity contribution in [3.63, 3.8) is 0 Å². The monoisotopic (exact) mass is 325 g/mol. The Balaban J connectivity index is 1.59. The minimum atomic E-state index is -0.599. The highest BCUT2D eigenvalue weighted by Gasteiger charge is 2.19. The van der Waals surface area contributed by atoms with Gasteiger partial charge in [-0.15, -0.1) is 0 Å². The van der Waals surface area contributed by atoms with Crippen LogP contribution in [0.15, 0.2) is 30.6 Å². The lowest BCUT2D eigenvalue weighted by Gasteiger charge is -2.28. The molecule has 1 aromatic heterocycles. The minimum absolute atomic E-state index is 0.445. The molecular weight excluding hydrogens is 309 g/mol. The first-order valence-electron chi connectivity index (χ1n) is 6.99. The van der Waals surface area contributed by atoms with Crippen LogP contribution in [-0.2, 0) is 13.1 Å². The number of fused-ring (bicyclic) bond motifs is 1. The minimum Gasteiger partial charge on any atom is -0.388 e. The summed E-state index contributed by atoms with van der Waals surface area (Å²) in [7, 11) is 0. The van der Waals surface area contributed by atoms with Crippen LogP contribution in [0.1, 0.15) is 23.9 Å². The lowest BCUT2D eigenvalue weighted by Crippen LogP contribution is -2.34. The molecule has 0 amide bonds. The molecule has 0 radical (unpaired) electrons. The molecule has 1 aromatic carbocycles. The number of aromatic nitrogens is 2. The van der Waals surface area contributed by atoms with Crippen LogP contribution in [0.3, 0.4) is 0 Å². The first-order valence-corrected chi connectivity index (χ1v) is 7.75. The highest BCUT2D eigenvalue weighted by atomic mass is 35.5. The molecule has 2 heterocycles. The molecule has 3 rings (SSSR count). The van der Waals surface area contributed by atoms with E-state index in [2.05, 4.69) is 14.5 Å². The maximum absolute atomic E-state index is 10.3. The molecule has 0 saturated carbocycles. The van der Waals surface area contributed by atoms with Crippen molar-refractivity contribution in [1.29, 1.82) is 0 Å². The summed E-state index contributed by atoms with van der Waals surface area (Å²) in [5.41, 5.74) is 0.697. The van der Waals surface area contributed by atoms with Crippen LogP contribution in [0.4, 0.5) is 0 Å². The van der Waals surface area contributed by atoms with Gasteiger partial charge < -0.3 is 9.67 Å². The maximum atomic E-state index is 10.3. The van der Waals surface area contributed by atoms with E-state index in [1.807, 2.05) is 24.5 Å². The van der Waals surface area contributed by atoms with Crippen LogP contribution in [-0.4, -0.2) is 32.6 Å². The van der Waals surface area contributed by atoms with Crippen molar-refractivity contribution < 1.29 is 5.11 Å². The summed E-state index contributed by atoms with van der Waals surface area (Å²) in [4.78, 5) is 6.63. The molecule has 1 aliphatic heterocycles. The fraction of sp³-hybridized carbons (Fsp3) is 0.400. The summed E-state index contributed by atoms with van der Waals surface area (Å²) >= 11 is 12.1. The third kappa shape index (κ3) is 3.24. The number of imidazole rings is 1. The Kier molecular flexibility index (Phi) is 4.50. The molecule has 4 nitrogen and oxygen atoms in total. The van der Waals surface area contributed by atoms with E-state index >= 15 is 0 Å². The Labute approximate surface area is 133 Å². The molecule has 0 saturated heterocycles. The zero-order valence-electron chi connectivity index (χ0n) is 11.5. The van der Waals surface area contributed by atoms with E-state index < -0.39 is 6.10 Å². The number of hydrogen-bond donors (Lipinski definition) is 1. The predicted molar refractivity (Wildman–Crippen MR) is 83.5 cm³/mol. The molecule has 21 heavy (non-hydrogen) atoms. The number of halogens is 2. The Morgan fingerprint density at radius 2 is 2.14 bits per heavy atom. The Bertz CT molecular complexity index is 629. The summed E-state index contributed by atoms with van der Waals surface area (Å²) in [6, 6.07) is 5.36. The third-order valence-corrected chi connectivity index (χ3v) is 4.72. The number of hydrogen-bond acceptors (Lipinski definition) is 3. The average molecular weight is 326 g/mol. The van der Waals surface area contributed by atoms with Crippen LogP contribution in [0.25, 0.3) is 0 Å². The van der Waals surface area contributed by atoms with Crippen molar-refractivity contribution in [3.8, 4) is 0 Å². The van der Waals surface area contributed by atoms with Crippen LogP contribution < -0.4 is 0 Å². The molecule has 6 heteroatoms. The molecule has 1 unspecified atom stereocenters. The SMILES string of the molecule is OC(CCN1CCn2ccnc2C1)c1cccc(Cl)c1Cl. The summed E-state index contributed by atoms with van der Waals surface area (Å²) in [6.45, 7) is 3.54.